The topological polar surface area (TPSA) is 184 Å². The number of carbonyl (C=O) groups excluding carboxylic acids is 1. The highest BCUT2D eigenvalue weighted by atomic mass is 32.2. The molecule has 17 heteroatoms. The van der Waals surface area contributed by atoms with E-state index in [4.69, 9.17) is 19.6 Å². The predicted octanol–water partition coefficient (Wildman–Crippen LogP) is 6.23. The van der Waals surface area contributed by atoms with Gasteiger partial charge in [0.15, 0.2) is 21.5 Å². The first-order valence-corrected chi connectivity index (χ1v) is 17.5. The number of benzene rings is 4. The highest BCUT2D eigenvalue weighted by molar-refractivity contribution is 7.91. The van der Waals surface area contributed by atoms with Crippen LogP contribution in [-0.2, 0) is 25.9 Å². The Morgan fingerprint density at radius 1 is 0.981 bits per heavy atom. The molecule has 0 aliphatic carbocycles. The number of azide groups is 1. The highest BCUT2D eigenvalue weighted by Gasteiger charge is 2.54. The molecule has 0 spiro atoms. The molecule has 0 saturated carbocycles. The summed E-state index contributed by atoms with van der Waals surface area (Å²) in [6.45, 7) is 0.193. The van der Waals surface area contributed by atoms with E-state index in [2.05, 4.69) is 25.6 Å². The fourth-order valence-electron chi connectivity index (χ4n) is 5.38. The van der Waals surface area contributed by atoms with E-state index in [-0.39, 0.29) is 48.2 Å². The largest absolute Gasteiger partial charge is 0.573 e. The first kappa shape index (κ1) is 37.6. The van der Waals surface area contributed by atoms with E-state index in [9.17, 15) is 31.9 Å². The van der Waals surface area contributed by atoms with Crippen LogP contribution in [0.25, 0.3) is 10.4 Å². The third-order valence-electron chi connectivity index (χ3n) is 7.91. The Morgan fingerprint density at radius 3 is 2.33 bits per heavy atom. The van der Waals surface area contributed by atoms with E-state index in [1.165, 1.54) is 30.3 Å². The lowest BCUT2D eigenvalue weighted by Gasteiger charge is -2.31. The summed E-state index contributed by atoms with van der Waals surface area (Å²) in [5, 5.41) is 12.8. The Bertz CT molecular complexity index is 2030. The van der Waals surface area contributed by atoms with E-state index in [1.54, 1.807) is 60.7 Å². The van der Waals surface area contributed by atoms with Crippen LogP contribution in [0.5, 0.6) is 11.5 Å². The molecule has 272 valence electrons. The van der Waals surface area contributed by atoms with Crippen molar-refractivity contribution in [2.75, 3.05) is 19.0 Å². The second kappa shape index (κ2) is 16.6. The first-order valence-electron chi connectivity index (χ1n) is 15.8. The maximum atomic E-state index is 14.4. The summed E-state index contributed by atoms with van der Waals surface area (Å²) in [5.74, 6) is -1.26. The van der Waals surface area contributed by atoms with Crippen molar-refractivity contribution in [3.05, 3.63) is 130 Å². The zero-order valence-corrected chi connectivity index (χ0v) is 28.2. The van der Waals surface area contributed by atoms with Gasteiger partial charge in [-0.25, -0.2) is 18.8 Å². The monoisotopic (exact) mass is 738 g/mol. The van der Waals surface area contributed by atoms with Crippen LogP contribution in [0, 0.1) is 0 Å². The minimum Gasteiger partial charge on any atom is -0.494 e. The number of rotatable bonds is 16. The Kier molecular flexibility index (Phi) is 12.0. The third-order valence-corrected chi connectivity index (χ3v) is 9.64. The van der Waals surface area contributed by atoms with Crippen LogP contribution in [0.2, 0.25) is 0 Å². The lowest BCUT2D eigenvalue weighted by atomic mass is 9.84. The van der Waals surface area contributed by atoms with E-state index < -0.39 is 45.3 Å². The van der Waals surface area contributed by atoms with Crippen LogP contribution < -0.4 is 20.3 Å². The molecule has 5 rings (SSSR count). The standard InChI is InChI=1S/C35H33F3N6O7S/c36-35(37,38)51-27-15-11-24(12-16-27)23-40-43-33(46)34(19-22-52(47,48)28-7-2-1-3-8-28)31(29-9-4-5-10-30(29)42-44-39)50-32(41-34)25-13-17-26(18-14-25)49-21-6-20-45/h1-5,7-18,31,40,45H,6,19-23H2,(H,43,46)/t31-,34-/m0/s1. The molecule has 0 radical (unpaired) electrons. The van der Waals surface area contributed by atoms with Gasteiger partial charge >= 0.3 is 6.36 Å². The van der Waals surface area contributed by atoms with E-state index in [0.29, 0.717) is 23.3 Å². The molecule has 0 fully saturated rings. The third kappa shape index (κ3) is 9.38. The van der Waals surface area contributed by atoms with Crippen LogP contribution in [-0.4, -0.2) is 56.2 Å². The van der Waals surface area contributed by atoms with Crippen molar-refractivity contribution >= 4 is 27.3 Å². The van der Waals surface area contributed by atoms with E-state index in [0.717, 1.165) is 12.1 Å². The van der Waals surface area contributed by atoms with Gasteiger partial charge in [-0.2, -0.15) is 0 Å². The summed E-state index contributed by atoms with van der Waals surface area (Å²) in [5.41, 5.74) is 14.0. The molecule has 2 atom stereocenters. The normalized spacial score (nSPS) is 17.0. The van der Waals surface area contributed by atoms with Gasteiger partial charge in [-0.15, -0.1) is 13.2 Å². The number of sulfone groups is 1. The number of amides is 1. The molecule has 4 aromatic carbocycles. The number of nitrogens with zero attached hydrogens (tertiary/aromatic N) is 4. The van der Waals surface area contributed by atoms with Gasteiger partial charge < -0.3 is 19.3 Å². The van der Waals surface area contributed by atoms with Crippen molar-refractivity contribution in [3.8, 4) is 11.5 Å². The number of alkyl halides is 3. The summed E-state index contributed by atoms with van der Waals surface area (Å²) < 4.78 is 80.9. The summed E-state index contributed by atoms with van der Waals surface area (Å²) >= 11 is 0. The quantitative estimate of drug-likeness (QED) is 0.0397. The molecule has 0 unspecified atom stereocenters. The molecular formula is C35H33F3N6O7S. The van der Waals surface area contributed by atoms with Crippen LogP contribution in [0.15, 0.2) is 118 Å². The van der Waals surface area contributed by atoms with Crippen molar-refractivity contribution in [2.24, 2.45) is 10.1 Å². The molecule has 1 aliphatic rings. The molecular weight excluding hydrogens is 705 g/mol. The number of halogens is 3. The van der Waals surface area contributed by atoms with Crippen molar-refractivity contribution in [1.29, 1.82) is 0 Å². The smallest absolute Gasteiger partial charge is 0.494 e. The number of aliphatic imine (C=N–C) groups is 1. The van der Waals surface area contributed by atoms with Crippen LogP contribution >= 0.6 is 0 Å². The Labute approximate surface area is 296 Å². The maximum Gasteiger partial charge on any atom is 0.573 e. The number of hydrogen-bond donors (Lipinski definition) is 3. The van der Waals surface area contributed by atoms with Gasteiger partial charge in [-0.05, 0) is 59.6 Å². The molecule has 3 N–H and O–H groups in total. The minimum absolute atomic E-state index is 0.00448. The number of hydrogen-bond acceptors (Lipinski definition) is 10. The fraction of sp³-hybridized carbons (Fsp3) is 0.257. The van der Waals surface area contributed by atoms with Gasteiger partial charge in [0.05, 0.1) is 17.3 Å². The number of aliphatic hydroxyl groups excluding tert-OH is 1. The number of nitrogens with one attached hydrogen (secondary N) is 2. The second-order valence-corrected chi connectivity index (χ2v) is 13.5. The van der Waals surface area contributed by atoms with E-state index in [1.807, 2.05) is 0 Å². The van der Waals surface area contributed by atoms with Crippen LogP contribution in [0.1, 0.15) is 35.6 Å². The first-order chi connectivity index (χ1) is 24.9. The van der Waals surface area contributed by atoms with Gasteiger partial charge in [0.25, 0.3) is 5.91 Å². The summed E-state index contributed by atoms with van der Waals surface area (Å²) in [7, 11) is -3.96. The van der Waals surface area contributed by atoms with Crippen molar-refractivity contribution in [3.63, 3.8) is 0 Å². The number of ether oxygens (including phenoxy) is 3. The summed E-state index contributed by atoms with van der Waals surface area (Å²) in [6, 6.07) is 25.6. The lowest BCUT2D eigenvalue weighted by Crippen LogP contribution is -2.53. The number of carbonyl (C=O) groups is 1. The van der Waals surface area contributed by atoms with Gasteiger partial charge in [-0.1, -0.05) is 59.7 Å². The van der Waals surface area contributed by atoms with Gasteiger partial charge in [0.1, 0.15) is 11.5 Å². The second-order valence-electron chi connectivity index (χ2n) is 11.4. The summed E-state index contributed by atoms with van der Waals surface area (Å²) in [4.78, 5) is 22.1. The molecule has 52 heavy (non-hydrogen) atoms. The molecule has 13 nitrogen and oxygen atoms in total. The molecule has 0 aromatic heterocycles. The average Bonchev–Trinajstić information content (AvgIpc) is 3.53. The van der Waals surface area contributed by atoms with Crippen LogP contribution in [0.4, 0.5) is 18.9 Å². The molecule has 1 amide bonds. The summed E-state index contributed by atoms with van der Waals surface area (Å²) in [6.07, 6.45) is -6.11. The van der Waals surface area contributed by atoms with Crippen LogP contribution in [0.3, 0.4) is 0 Å². The molecule has 1 heterocycles. The molecule has 4 aromatic rings. The SMILES string of the molecule is [N-]=[N+]=Nc1ccccc1[C@@H]1OC(c2ccc(OCCCO)cc2)=N[C@]1(CCS(=O)(=O)c1ccccc1)C(=O)NNCc1ccc(OC(F)(F)F)cc1. The van der Waals surface area contributed by atoms with Gasteiger partial charge in [0, 0.05) is 47.7 Å². The highest BCUT2D eigenvalue weighted by Crippen LogP contribution is 2.46. The van der Waals surface area contributed by atoms with Gasteiger partial charge in [-0.3, -0.25) is 10.2 Å². The minimum atomic E-state index is -4.86. The lowest BCUT2D eigenvalue weighted by molar-refractivity contribution is -0.274. The average molecular weight is 739 g/mol. The fourth-order valence-corrected chi connectivity index (χ4v) is 6.76. The predicted molar refractivity (Wildman–Crippen MR) is 183 cm³/mol. The van der Waals surface area contributed by atoms with Crippen molar-refractivity contribution in [2.45, 2.75) is 42.3 Å². The van der Waals surface area contributed by atoms with Gasteiger partial charge in [0.2, 0.25) is 5.90 Å². The molecule has 1 aliphatic heterocycles. The number of aliphatic hydroxyl groups is 1. The number of hydrazine groups is 1. The molecule has 0 saturated heterocycles. The zero-order chi connectivity index (χ0) is 37.2. The Balaban J connectivity index is 1.51. The molecule has 0 bridgehead atoms. The maximum absolute atomic E-state index is 14.4. The van der Waals surface area contributed by atoms with Crippen molar-refractivity contribution in [1.82, 2.24) is 10.9 Å². The van der Waals surface area contributed by atoms with Crippen molar-refractivity contribution < 1.29 is 45.7 Å². The Hall–Kier alpha value is -5.61. The Morgan fingerprint density at radius 2 is 1.65 bits per heavy atom. The van der Waals surface area contributed by atoms with E-state index >= 15 is 0 Å². The zero-order valence-electron chi connectivity index (χ0n) is 27.4.